The first-order chi connectivity index (χ1) is 14.5. The molecule has 0 fully saturated rings. The van der Waals surface area contributed by atoms with Gasteiger partial charge in [-0.15, -0.1) is 11.3 Å². The van der Waals surface area contributed by atoms with E-state index in [9.17, 15) is 14.4 Å². The van der Waals surface area contributed by atoms with Gasteiger partial charge in [-0.25, -0.2) is 9.78 Å². The summed E-state index contributed by atoms with van der Waals surface area (Å²) in [6, 6.07) is 6.84. The molecule has 0 aliphatic heterocycles. The number of nitrogens with one attached hydrogen (secondary N) is 2. The smallest absolute Gasteiger partial charge is 0.329 e. The third-order valence-corrected chi connectivity index (χ3v) is 5.66. The summed E-state index contributed by atoms with van der Waals surface area (Å²) in [4.78, 5) is 40.1. The van der Waals surface area contributed by atoms with E-state index >= 15 is 0 Å². The van der Waals surface area contributed by atoms with Crippen molar-refractivity contribution in [3.05, 3.63) is 40.9 Å². The van der Waals surface area contributed by atoms with E-state index in [0.29, 0.717) is 18.0 Å². The number of hydrogen-bond acceptors (Lipinski definition) is 7. The van der Waals surface area contributed by atoms with Crippen molar-refractivity contribution >= 4 is 41.7 Å². The first-order valence-electron chi connectivity index (χ1n) is 9.79. The Bertz CT molecular complexity index is 852. The van der Waals surface area contributed by atoms with Gasteiger partial charge in [0.2, 0.25) is 5.91 Å². The summed E-state index contributed by atoms with van der Waals surface area (Å²) in [5.41, 5.74) is 2.09. The number of esters is 1. The Morgan fingerprint density at radius 1 is 1.20 bits per heavy atom. The summed E-state index contributed by atoms with van der Waals surface area (Å²) in [7, 11) is 1.26. The number of unbranched alkanes of at least 4 members (excludes halogenated alkanes) is 2. The van der Waals surface area contributed by atoms with Crippen LogP contribution in [0, 0.1) is 0 Å². The van der Waals surface area contributed by atoms with Crippen LogP contribution in [-0.4, -0.2) is 41.7 Å². The second kappa shape index (κ2) is 12.3. The van der Waals surface area contributed by atoms with Gasteiger partial charge in [-0.2, -0.15) is 12.6 Å². The molecule has 162 valence electrons. The number of thiol groups is 1. The highest BCUT2D eigenvalue weighted by Crippen LogP contribution is 2.24. The molecule has 2 rings (SSSR count). The zero-order valence-electron chi connectivity index (χ0n) is 17.1. The van der Waals surface area contributed by atoms with Gasteiger partial charge in [-0.1, -0.05) is 44.0 Å². The Balaban J connectivity index is 1.93. The van der Waals surface area contributed by atoms with Crippen LogP contribution in [0.2, 0.25) is 0 Å². The lowest BCUT2D eigenvalue weighted by Crippen LogP contribution is -2.43. The Hall–Kier alpha value is -2.39. The highest BCUT2D eigenvalue weighted by molar-refractivity contribution is 7.80. The van der Waals surface area contributed by atoms with E-state index in [1.807, 2.05) is 24.3 Å². The highest BCUT2D eigenvalue weighted by atomic mass is 32.1. The number of benzene rings is 1. The summed E-state index contributed by atoms with van der Waals surface area (Å²) in [6.45, 7) is 2.59. The molecule has 0 aliphatic rings. The second-order valence-electron chi connectivity index (χ2n) is 6.70. The predicted molar refractivity (Wildman–Crippen MR) is 121 cm³/mol. The average molecular weight is 450 g/mol. The van der Waals surface area contributed by atoms with Crippen molar-refractivity contribution in [1.82, 2.24) is 15.6 Å². The summed E-state index contributed by atoms with van der Waals surface area (Å²) < 4.78 is 4.64. The number of hydrogen-bond donors (Lipinski definition) is 3. The number of thiazole rings is 1. The fraction of sp³-hybridized carbons (Fsp3) is 0.429. The Kier molecular flexibility index (Phi) is 9.82. The van der Waals surface area contributed by atoms with E-state index in [4.69, 9.17) is 0 Å². The van der Waals surface area contributed by atoms with Crippen LogP contribution in [0.4, 0.5) is 0 Å². The molecule has 2 N–H and O–H groups in total. The molecule has 2 amide bonds. The second-order valence-corrected chi connectivity index (χ2v) is 7.92. The number of aromatic nitrogens is 1. The quantitative estimate of drug-likeness (QED) is 0.278. The molecule has 2 aromatic rings. The SMILES string of the molecule is CCCCCC(=O)NCc1ccc(-c2nc(C(=O)NC(CS)C(=O)OC)cs2)cc1. The summed E-state index contributed by atoms with van der Waals surface area (Å²) in [5.74, 6) is -0.813. The van der Waals surface area contributed by atoms with Crippen LogP contribution in [-0.2, 0) is 20.9 Å². The van der Waals surface area contributed by atoms with E-state index in [0.717, 1.165) is 30.4 Å². The third-order valence-electron chi connectivity index (χ3n) is 4.41. The van der Waals surface area contributed by atoms with Crippen molar-refractivity contribution in [2.24, 2.45) is 0 Å². The molecule has 0 aliphatic carbocycles. The highest BCUT2D eigenvalue weighted by Gasteiger charge is 2.22. The molecule has 0 spiro atoms. The summed E-state index contributed by atoms with van der Waals surface area (Å²) >= 11 is 5.40. The third kappa shape index (κ3) is 7.14. The lowest BCUT2D eigenvalue weighted by Gasteiger charge is -2.12. The van der Waals surface area contributed by atoms with E-state index < -0.39 is 17.9 Å². The molecule has 1 atom stereocenters. The number of amides is 2. The number of methoxy groups -OCH3 is 1. The van der Waals surface area contributed by atoms with Gasteiger partial charge < -0.3 is 15.4 Å². The summed E-state index contributed by atoms with van der Waals surface area (Å²) in [6.07, 6.45) is 3.62. The first kappa shape index (κ1) is 23.9. The van der Waals surface area contributed by atoms with E-state index in [1.165, 1.54) is 18.4 Å². The summed E-state index contributed by atoms with van der Waals surface area (Å²) in [5, 5.41) is 7.82. The van der Waals surface area contributed by atoms with Crippen LogP contribution in [0.5, 0.6) is 0 Å². The Morgan fingerprint density at radius 2 is 1.93 bits per heavy atom. The minimum Gasteiger partial charge on any atom is -0.467 e. The van der Waals surface area contributed by atoms with Crippen LogP contribution in [0.25, 0.3) is 10.6 Å². The molecular formula is C21H27N3O4S2. The molecular weight excluding hydrogens is 422 g/mol. The molecule has 0 bridgehead atoms. The zero-order valence-corrected chi connectivity index (χ0v) is 18.9. The monoisotopic (exact) mass is 449 g/mol. The molecule has 0 saturated carbocycles. The van der Waals surface area contributed by atoms with Crippen LogP contribution < -0.4 is 10.6 Å². The van der Waals surface area contributed by atoms with Gasteiger partial charge in [0, 0.05) is 29.7 Å². The van der Waals surface area contributed by atoms with Gasteiger partial charge in [0.25, 0.3) is 5.91 Å². The minimum absolute atomic E-state index is 0.0644. The fourth-order valence-electron chi connectivity index (χ4n) is 2.65. The number of carbonyl (C=O) groups is 3. The van der Waals surface area contributed by atoms with Gasteiger partial charge in [0.05, 0.1) is 7.11 Å². The lowest BCUT2D eigenvalue weighted by atomic mass is 10.1. The number of rotatable bonds is 11. The molecule has 1 heterocycles. The maximum atomic E-state index is 12.3. The van der Waals surface area contributed by atoms with Gasteiger partial charge >= 0.3 is 5.97 Å². The average Bonchev–Trinajstić information content (AvgIpc) is 3.26. The molecule has 30 heavy (non-hydrogen) atoms. The number of nitrogens with zero attached hydrogens (tertiary/aromatic N) is 1. The van der Waals surface area contributed by atoms with Gasteiger partial charge in [-0.3, -0.25) is 9.59 Å². The molecule has 0 saturated heterocycles. The molecule has 0 radical (unpaired) electrons. The van der Waals surface area contributed by atoms with Gasteiger partial charge in [0.15, 0.2) is 0 Å². The van der Waals surface area contributed by atoms with Crippen LogP contribution in [0.15, 0.2) is 29.6 Å². The van der Waals surface area contributed by atoms with Crippen molar-refractivity contribution < 1.29 is 19.1 Å². The maximum absolute atomic E-state index is 12.3. The minimum atomic E-state index is -0.826. The van der Waals surface area contributed by atoms with E-state index in [1.54, 1.807) is 5.38 Å². The normalized spacial score (nSPS) is 11.6. The zero-order chi connectivity index (χ0) is 21.9. The first-order valence-corrected chi connectivity index (χ1v) is 11.3. The van der Waals surface area contributed by atoms with Gasteiger partial charge in [0.1, 0.15) is 16.7 Å². The lowest BCUT2D eigenvalue weighted by molar-refractivity contribution is -0.142. The van der Waals surface area contributed by atoms with Gasteiger partial charge in [-0.05, 0) is 12.0 Å². The molecule has 9 heteroatoms. The largest absolute Gasteiger partial charge is 0.467 e. The van der Waals surface area contributed by atoms with E-state index in [-0.39, 0.29) is 17.4 Å². The Labute approximate surface area is 186 Å². The number of ether oxygens (including phenoxy) is 1. The van der Waals surface area contributed by atoms with Crippen molar-refractivity contribution in [2.75, 3.05) is 12.9 Å². The van der Waals surface area contributed by atoms with Crippen molar-refractivity contribution in [3.8, 4) is 10.6 Å². The topological polar surface area (TPSA) is 97.4 Å². The standard InChI is InChI=1S/C21H27N3O4S2/c1-3-4-5-6-18(25)22-11-14-7-9-15(10-8-14)20-24-17(13-30-20)19(26)23-16(12-29)21(27)28-2/h7-10,13,16,29H,3-6,11-12H2,1-2H3,(H,22,25)(H,23,26). The van der Waals surface area contributed by atoms with Crippen molar-refractivity contribution in [3.63, 3.8) is 0 Å². The number of carbonyl (C=O) groups excluding carboxylic acids is 3. The molecule has 1 aromatic heterocycles. The Morgan fingerprint density at radius 3 is 2.57 bits per heavy atom. The van der Waals surface area contributed by atoms with Crippen LogP contribution in [0.1, 0.15) is 48.7 Å². The predicted octanol–water partition coefficient (Wildman–Crippen LogP) is 3.21. The van der Waals surface area contributed by atoms with Crippen molar-refractivity contribution in [1.29, 1.82) is 0 Å². The fourth-order valence-corrected chi connectivity index (χ4v) is 3.70. The molecule has 1 aromatic carbocycles. The maximum Gasteiger partial charge on any atom is 0.329 e. The van der Waals surface area contributed by atoms with Crippen molar-refractivity contribution in [2.45, 2.75) is 45.2 Å². The van der Waals surface area contributed by atoms with Crippen LogP contribution >= 0.6 is 24.0 Å². The molecule has 7 nitrogen and oxygen atoms in total. The van der Waals surface area contributed by atoms with E-state index in [2.05, 4.69) is 39.9 Å². The van der Waals surface area contributed by atoms with Crippen LogP contribution in [0.3, 0.4) is 0 Å². The molecule has 1 unspecified atom stereocenters.